The average Bonchev–Trinajstić information content (AvgIpc) is 2.76. The van der Waals surface area contributed by atoms with Gasteiger partial charge in [-0.25, -0.2) is 9.18 Å². The molecule has 1 N–H and O–H groups in total. The summed E-state index contributed by atoms with van der Waals surface area (Å²) in [5.41, 5.74) is 1.07. The first-order valence-corrected chi connectivity index (χ1v) is 10.2. The van der Waals surface area contributed by atoms with Gasteiger partial charge in [0.05, 0.1) is 18.8 Å². The first-order valence-electron chi connectivity index (χ1n) is 10.2. The Kier molecular flexibility index (Phi) is 9.77. The minimum absolute atomic E-state index is 0.0328. The van der Waals surface area contributed by atoms with Crippen LogP contribution in [0.25, 0.3) is 0 Å². The second-order valence-corrected chi connectivity index (χ2v) is 6.79. The van der Waals surface area contributed by atoms with E-state index in [-0.39, 0.29) is 44.2 Å². The van der Waals surface area contributed by atoms with Gasteiger partial charge in [-0.3, -0.25) is 9.69 Å². The van der Waals surface area contributed by atoms with Crippen molar-refractivity contribution in [1.82, 2.24) is 0 Å². The molecule has 0 aromatic heterocycles. The summed E-state index contributed by atoms with van der Waals surface area (Å²) in [7, 11) is 0. The van der Waals surface area contributed by atoms with Gasteiger partial charge < -0.3 is 19.3 Å². The quantitative estimate of drug-likeness (QED) is 0.538. The van der Waals surface area contributed by atoms with Gasteiger partial charge >= 0.3 is 12.1 Å². The highest BCUT2D eigenvalue weighted by Crippen LogP contribution is 2.25. The zero-order valence-electron chi connectivity index (χ0n) is 17.8. The summed E-state index contributed by atoms with van der Waals surface area (Å²) in [4.78, 5) is 24.9. The van der Waals surface area contributed by atoms with E-state index in [0.717, 1.165) is 16.5 Å². The molecule has 0 spiro atoms. The number of aliphatic hydroxyl groups excluding tert-OH is 1. The molecule has 2 aromatic rings. The summed E-state index contributed by atoms with van der Waals surface area (Å²) in [5, 5.41) is 10.2. The third-order valence-corrected chi connectivity index (χ3v) is 4.24. The number of carbonyl (C=O) groups is 2. The number of benzene rings is 2. The maximum Gasteiger partial charge on any atom is 0.414 e. The molecule has 7 nitrogen and oxygen atoms in total. The van der Waals surface area contributed by atoms with Crippen LogP contribution in [0.1, 0.15) is 32.3 Å². The second kappa shape index (κ2) is 12.5. The molecule has 0 saturated carbocycles. The van der Waals surface area contributed by atoms with Crippen molar-refractivity contribution in [2.24, 2.45) is 0 Å². The Hall–Kier alpha value is -3.13. The SMILES string of the molecule is CCCC(=O)OC[C@H](O)CN(C(=O)OCC)c1ccc(OCc2ccccc2)c(F)c1. The lowest BCUT2D eigenvalue weighted by Gasteiger charge is -2.25. The van der Waals surface area contributed by atoms with Crippen LogP contribution in [0.15, 0.2) is 48.5 Å². The number of hydrogen-bond donors (Lipinski definition) is 1. The van der Waals surface area contributed by atoms with Gasteiger partial charge in [-0.2, -0.15) is 0 Å². The summed E-state index contributed by atoms with van der Waals surface area (Å²) in [6, 6.07) is 13.4. The topological polar surface area (TPSA) is 85.3 Å². The van der Waals surface area contributed by atoms with Crippen LogP contribution in [0.2, 0.25) is 0 Å². The summed E-state index contributed by atoms with van der Waals surface area (Å²) in [5.74, 6) is -1.06. The van der Waals surface area contributed by atoms with Crippen molar-refractivity contribution in [2.45, 2.75) is 39.4 Å². The molecule has 0 heterocycles. The van der Waals surface area contributed by atoms with Crippen LogP contribution in [-0.4, -0.2) is 43.0 Å². The number of halogens is 1. The molecule has 0 radical (unpaired) electrons. The highest BCUT2D eigenvalue weighted by atomic mass is 19.1. The fourth-order valence-corrected chi connectivity index (χ4v) is 2.73. The van der Waals surface area contributed by atoms with E-state index in [1.54, 1.807) is 6.92 Å². The van der Waals surface area contributed by atoms with Crippen LogP contribution in [0.5, 0.6) is 5.75 Å². The van der Waals surface area contributed by atoms with Crippen LogP contribution in [-0.2, 0) is 20.9 Å². The molecule has 168 valence electrons. The average molecular weight is 433 g/mol. The normalized spacial score (nSPS) is 11.5. The zero-order chi connectivity index (χ0) is 22.6. The van der Waals surface area contributed by atoms with Gasteiger partial charge in [0.1, 0.15) is 19.3 Å². The molecule has 0 saturated heterocycles. The van der Waals surface area contributed by atoms with Gasteiger partial charge in [0.15, 0.2) is 11.6 Å². The van der Waals surface area contributed by atoms with Crippen molar-refractivity contribution < 1.29 is 33.3 Å². The smallest absolute Gasteiger partial charge is 0.414 e. The first kappa shape index (κ1) is 24.1. The highest BCUT2D eigenvalue weighted by molar-refractivity contribution is 5.87. The largest absolute Gasteiger partial charge is 0.486 e. The van der Waals surface area contributed by atoms with E-state index >= 15 is 0 Å². The van der Waals surface area contributed by atoms with Crippen molar-refractivity contribution in [3.8, 4) is 5.75 Å². The standard InChI is InChI=1S/C23H28FNO6/c1-3-8-22(27)31-16-19(26)14-25(23(28)29-4-2)18-11-12-21(20(24)13-18)30-15-17-9-6-5-7-10-17/h5-7,9-13,19,26H,3-4,8,14-16H2,1-2H3/t19-/m1/s1. The lowest BCUT2D eigenvalue weighted by molar-refractivity contribution is -0.146. The number of rotatable bonds is 11. The summed E-state index contributed by atoms with van der Waals surface area (Å²) < 4.78 is 30.1. The molecule has 0 unspecified atom stereocenters. The van der Waals surface area contributed by atoms with E-state index in [4.69, 9.17) is 14.2 Å². The van der Waals surface area contributed by atoms with E-state index in [1.807, 2.05) is 37.3 Å². The van der Waals surface area contributed by atoms with Gasteiger partial charge in [-0.1, -0.05) is 37.3 Å². The van der Waals surface area contributed by atoms with Gasteiger partial charge in [0, 0.05) is 12.5 Å². The monoisotopic (exact) mass is 433 g/mol. The maximum absolute atomic E-state index is 14.6. The number of nitrogens with zero attached hydrogens (tertiary/aromatic N) is 1. The minimum atomic E-state index is -1.16. The Balaban J connectivity index is 2.07. The predicted octanol–water partition coefficient (Wildman–Crippen LogP) is 4.07. The van der Waals surface area contributed by atoms with Crippen molar-refractivity contribution in [3.05, 3.63) is 59.9 Å². The lowest BCUT2D eigenvalue weighted by Crippen LogP contribution is -2.40. The lowest BCUT2D eigenvalue weighted by atomic mass is 10.2. The third kappa shape index (κ3) is 7.90. The van der Waals surface area contributed by atoms with Crippen LogP contribution >= 0.6 is 0 Å². The third-order valence-electron chi connectivity index (χ3n) is 4.24. The molecular weight excluding hydrogens is 405 g/mol. The number of anilines is 1. The van der Waals surface area contributed by atoms with Crippen LogP contribution in [0, 0.1) is 5.82 Å². The summed E-state index contributed by atoms with van der Waals surface area (Å²) in [6.07, 6.45) is -1.05. The van der Waals surface area contributed by atoms with Crippen LogP contribution < -0.4 is 9.64 Å². The number of hydrogen-bond acceptors (Lipinski definition) is 6. The molecule has 2 rings (SSSR count). The molecule has 31 heavy (non-hydrogen) atoms. The van der Waals surface area contributed by atoms with E-state index in [1.165, 1.54) is 12.1 Å². The first-order chi connectivity index (χ1) is 14.9. The number of aliphatic hydroxyl groups is 1. The Labute approximate surface area is 181 Å². The van der Waals surface area contributed by atoms with Crippen molar-refractivity contribution in [1.29, 1.82) is 0 Å². The van der Waals surface area contributed by atoms with E-state index < -0.39 is 24.0 Å². The number of esters is 1. The van der Waals surface area contributed by atoms with Gasteiger partial charge in [0.25, 0.3) is 0 Å². The summed E-state index contributed by atoms with van der Waals surface area (Å²) in [6.45, 7) is 3.26. The highest BCUT2D eigenvalue weighted by Gasteiger charge is 2.23. The predicted molar refractivity (Wildman–Crippen MR) is 113 cm³/mol. The Morgan fingerprint density at radius 2 is 1.84 bits per heavy atom. The molecule has 2 aromatic carbocycles. The van der Waals surface area contributed by atoms with Crippen LogP contribution in [0.4, 0.5) is 14.9 Å². The molecule has 8 heteroatoms. The molecule has 1 atom stereocenters. The van der Waals surface area contributed by atoms with Crippen molar-refractivity contribution >= 4 is 17.7 Å². The molecule has 0 aliphatic carbocycles. The van der Waals surface area contributed by atoms with Gasteiger partial charge in [-0.15, -0.1) is 0 Å². The summed E-state index contributed by atoms with van der Waals surface area (Å²) >= 11 is 0. The number of carbonyl (C=O) groups excluding carboxylic acids is 2. The molecular formula is C23H28FNO6. The second-order valence-electron chi connectivity index (χ2n) is 6.79. The van der Waals surface area contributed by atoms with E-state index in [0.29, 0.717) is 6.42 Å². The fraction of sp³-hybridized carbons (Fsp3) is 0.391. The Morgan fingerprint density at radius 1 is 1.10 bits per heavy atom. The van der Waals surface area contributed by atoms with Crippen LogP contribution in [0.3, 0.4) is 0 Å². The van der Waals surface area contributed by atoms with E-state index in [2.05, 4.69) is 0 Å². The van der Waals surface area contributed by atoms with Gasteiger partial charge in [0.2, 0.25) is 0 Å². The van der Waals surface area contributed by atoms with Gasteiger partial charge in [-0.05, 0) is 31.0 Å². The molecule has 0 aliphatic heterocycles. The van der Waals surface area contributed by atoms with Crippen molar-refractivity contribution in [2.75, 3.05) is 24.7 Å². The van der Waals surface area contributed by atoms with E-state index in [9.17, 15) is 19.1 Å². The Bertz CT molecular complexity index is 845. The zero-order valence-corrected chi connectivity index (χ0v) is 17.8. The fourth-order valence-electron chi connectivity index (χ4n) is 2.73. The molecule has 0 aliphatic rings. The molecule has 0 fully saturated rings. The number of amides is 1. The molecule has 0 bridgehead atoms. The van der Waals surface area contributed by atoms with Crippen molar-refractivity contribution in [3.63, 3.8) is 0 Å². The minimum Gasteiger partial charge on any atom is -0.486 e. The number of ether oxygens (including phenoxy) is 3. The molecule has 1 amide bonds. The Morgan fingerprint density at radius 3 is 2.48 bits per heavy atom. The maximum atomic E-state index is 14.6.